The van der Waals surface area contributed by atoms with Crippen molar-refractivity contribution in [3.8, 4) is 0 Å². The van der Waals surface area contributed by atoms with Crippen molar-refractivity contribution in [2.24, 2.45) is 5.92 Å². The maximum Gasteiger partial charge on any atom is 0.331 e. The molecule has 1 aromatic carbocycles. The van der Waals surface area contributed by atoms with E-state index < -0.39 is 29.9 Å². The molecule has 0 saturated carbocycles. The van der Waals surface area contributed by atoms with Gasteiger partial charge in [0.05, 0.1) is 20.3 Å². The topological polar surface area (TPSA) is 72.0 Å². The van der Waals surface area contributed by atoms with Crippen LogP contribution < -0.4 is 5.01 Å². The van der Waals surface area contributed by atoms with Gasteiger partial charge in [0.1, 0.15) is 11.7 Å². The molecule has 0 amide bonds. The monoisotopic (exact) mass is 365 g/mol. The first-order valence-corrected chi connectivity index (χ1v) is 8.58. The van der Waals surface area contributed by atoms with E-state index in [2.05, 4.69) is 4.98 Å². The number of nitrogens with zero attached hydrogens (tertiary/aromatic N) is 3. The number of anilines is 1. The Labute approximate surface area is 156 Å². The van der Waals surface area contributed by atoms with Gasteiger partial charge < -0.3 is 9.47 Å². The van der Waals surface area contributed by atoms with E-state index >= 15 is 0 Å². The number of pyridine rings is 1. The molecule has 7 nitrogen and oxygen atoms in total. The van der Waals surface area contributed by atoms with Gasteiger partial charge in [-0.3, -0.25) is 14.8 Å². The van der Waals surface area contributed by atoms with E-state index in [0.29, 0.717) is 5.82 Å². The number of hydrazine groups is 1. The van der Waals surface area contributed by atoms with Gasteiger partial charge in [0.15, 0.2) is 6.04 Å². The summed E-state index contributed by atoms with van der Waals surface area (Å²) in [5.41, 5.74) is 1.95. The van der Waals surface area contributed by atoms with E-state index in [1.54, 1.807) is 23.3 Å². The Morgan fingerprint density at radius 2 is 1.74 bits per heavy atom. The summed E-state index contributed by atoms with van der Waals surface area (Å²) in [5.74, 6) is -1.20. The molecule has 138 valence electrons. The summed E-state index contributed by atoms with van der Waals surface area (Å²) in [6.45, 7) is 0. The van der Waals surface area contributed by atoms with Crippen molar-refractivity contribution >= 4 is 23.8 Å². The SMILES string of the molecule is COC(=O)[C@@H]1[C@H]2c3ccccc3C=CN2N(c2ccccn2)[C@H]1C(=O)OC. The normalized spacial score (nSPS) is 22.8. The van der Waals surface area contributed by atoms with Crippen molar-refractivity contribution < 1.29 is 19.1 Å². The molecule has 1 aromatic heterocycles. The Hall–Kier alpha value is -3.35. The molecule has 7 heteroatoms. The molecule has 1 fully saturated rings. The predicted octanol–water partition coefficient (Wildman–Crippen LogP) is 2.17. The number of hydrogen-bond donors (Lipinski definition) is 0. The maximum absolute atomic E-state index is 12.8. The lowest BCUT2D eigenvalue weighted by Gasteiger charge is -2.36. The van der Waals surface area contributed by atoms with Crippen molar-refractivity contribution in [1.82, 2.24) is 9.99 Å². The van der Waals surface area contributed by atoms with Crippen molar-refractivity contribution in [3.05, 3.63) is 66.0 Å². The minimum absolute atomic E-state index is 0.398. The van der Waals surface area contributed by atoms with Gasteiger partial charge in [-0.15, -0.1) is 0 Å². The summed E-state index contributed by atoms with van der Waals surface area (Å²) in [7, 11) is 2.64. The van der Waals surface area contributed by atoms with Crippen LogP contribution in [-0.2, 0) is 19.1 Å². The highest BCUT2D eigenvalue weighted by Gasteiger charge is 2.56. The number of methoxy groups -OCH3 is 2. The zero-order chi connectivity index (χ0) is 19.0. The number of hydrogen-bond acceptors (Lipinski definition) is 7. The summed E-state index contributed by atoms with van der Waals surface area (Å²) in [5, 5.41) is 3.58. The summed E-state index contributed by atoms with van der Waals surface area (Å²) < 4.78 is 10.1. The summed E-state index contributed by atoms with van der Waals surface area (Å²) in [4.78, 5) is 29.9. The van der Waals surface area contributed by atoms with Gasteiger partial charge in [0.2, 0.25) is 0 Å². The molecule has 4 rings (SSSR count). The Morgan fingerprint density at radius 1 is 1.00 bits per heavy atom. The third-order valence-electron chi connectivity index (χ3n) is 5.00. The van der Waals surface area contributed by atoms with E-state index in [-0.39, 0.29) is 0 Å². The van der Waals surface area contributed by atoms with Crippen molar-refractivity contribution in [2.75, 3.05) is 19.2 Å². The number of esters is 2. The molecule has 3 atom stereocenters. The minimum atomic E-state index is -0.891. The Balaban J connectivity index is 1.92. The number of carbonyl (C=O) groups excluding carboxylic acids is 2. The van der Waals surface area contributed by atoms with E-state index in [0.717, 1.165) is 11.1 Å². The maximum atomic E-state index is 12.8. The van der Waals surface area contributed by atoms with E-state index in [4.69, 9.17) is 9.47 Å². The van der Waals surface area contributed by atoms with Gasteiger partial charge in [-0.05, 0) is 29.3 Å². The Bertz CT molecular complexity index is 883. The molecular weight excluding hydrogens is 346 g/mol. The second kappa shape index (κ2) is 6.75. The molecule has 0 spiro atoms. The standard InChI is InChI=1S/C20H19N3O4/c1-26-19(24)16-17-14-8-4-3-7-13(14)10-12-22(17)23(18(16)20(25)27-2)15-9-5-6-11-21-15/h3-12,16-18H,1-2H3/t16-,17-,18-/m1/s1. The van der Waals surface area contributed by atoms with Crippen molar-refractivity contribution in [1.29, 1.82) is 0 Å². The van der Waals surface area contributed by atoms with Crippen molar-refractivity contribution in [2.45, 2.75) is 12.1 Å². The third-order valence-corrected chi connectivity index (χ3v) is 5.00. The van der Waals surface area contributed by atoms with Crippen LogP contribution in [-0.4, -0.2) is 42.2 Å². The lowest BCUT2D eigenvalue weighted by atomic mass is 9.85. The Kier molecular flexibility index (Phi) is 4.27. The second-order valence-electron chi connectivity index (χ2n) is 6.32. The molecule has 0 radical (unpaired) electrons. The van der Waals surface area contributed by atoms with Gasteiger partial charge in [0, 0.05) is 12.4 Å². The lowest BCUT2D eigenvalue weighted by Crippen LogP contribution is -2.46. The highest BCUT2D eigenvalue weighted by atomic mass is 16.5. The molecule has 0 aliphatic carbocycles. The minimum Gasteiger partial charge on any atom is -0.469 e. The smallest absolute Gasteiger partial charge is 0.331 e. The number of ether oxygens (including phenoxy) is 2. The van der Waals surface area contributed by atoms with E-state index in [9.17, 15) is 9.59 Å². The summed E-state index contributed by atoms with van der Waals surface area (Å²) in [6.07, 6.45) is 5.46. The largest absolute Gasteiger partial charge is 0.469 e. The average Bonchev–Trinajstić information content (AvgIpc) is 3.08. The van der Waals surface area contributed by atoms with Gasteiger partial charge >= 0.3 is 11.9 Å². The van der Waals surface area contributed by atoms with Crippen LogP contribution in [0.15, 0.2) is 54.9 Å². The van der Waals surface area contributed by atoms with Crippen LogP contribution in [0.2, 0.25) is 0 Å². The number of aromatic nitrogens is 1. The second-order valence-corrected chi connectivity index (χ2v) is 6.32. The van der Waals surface area contributed by atoms with E-state index in [1.807, 2.05) is 47.6 Å². The highest BCUT2D eigenvalue weighted by molar-refractivity contribution is 5.89. The molecule has 3 heterocycles. The third kappa shape index (κ3) is 2.63. The van der Waals surface area contributed by atoms with Crippen LogP contribution in [0.1, 0.15) is 17.2 Å². The van der Waals surface area contributed by atoms with Crippen LogP contribution in [0.5, 0.6) is 0 Å². The zero-order valence-corrected chi connectivity index (χ0v) is 15.0. The quantitative estimate of drug-likeness (QED) is 0.772. The molecular formula is C20H19N3O4. The molecule has 1 saturated heterocycles. The first-order valence-electron chi connectivity index (χ1n) is 8.58. The fourth-order valence-electron chi connectivity index (χ4n) is 3.87. The van der Waals surface area contributed by atoms with Crippen LogP contribution in [0.25, 0.3) is 6.08 Å². The van der Waals surface area contributed by atoms with Crippen molar-refractivity contribution in [3.63, 3.8) is 0 Å². The Morgan fingerprint density at radius 3 is 2.44 bits per heavy atom. The number of rotatable bonds is 3. The predicted molar refractivity (Wildman–Crippen MR) is 98.1 cm³/mol. The molecule has 27 heavy (non-hydrogen) atoms. The zero-order valence-electron chi connectivity index (χ0n) is 15.0. The molecule has 2 aromatic rings. The molecule has 0 unspecified atom stereocenters. The highest BCUT2D eigenvalue weighted by Crippen LogP contribution is 2.47. The number of carbonyl (C=O) groups is 2. The molecule has 2 aliphatic rings. The number of benzene rings is 1. The first-order chi connectivity index (χ1) is 13.2. The summed E-state index contributed by atoms with van der Waals surface area (Å²) in [6, 6.07) is 11.9. The van der Waals surface area contributed by atoms with Crippen LogP contribution in [0.3, 0.4) is 0 Å². The van der Waals surface area contributed by atoms with Crippen LogP contribution in [0, 0.1) is 5.92 Å². The summed E-state index contributed by atoms with van der Waals surface area (Å²) >= 11 is 0. The fraction of sp³-hybridized carbons (Fsp3) is 0.250. The molecule has 0 N–H and O–H groups in total. The fourth-order valence-corrected chi connectivity index (χ4v) is 3.87. The van der Waals surface area contributed by atoms with Gasteiger partial charge in [-0.25, -0.2) is 9.78 Å². The van der Waals surface area contributed by atoms with Gasteiger partial charge in [-0.2, -0.15) is 0 Å². The first kappa shape index (κ1) is 17.1. The molecule has 2 aliphatic heterocycles. The molecule has 0 bridgehead atoms. The lowest BCUT2D eigenvalue weighted by molar-refractivity contribution is -0.153. The number of fused-ring (bicyclic) bond motifs is 3. The van der Waals surface area contributed by atoms with Gasteiger partial charge in [0.25, 0.3) is 0 Å². The average molecular weight is 365 g/mol. The van der Waals surface area contributed by atoms with E-state index in [1.165, 1.54) is 14.2 Å². The van der Waals surface area contributed by atoms with Crippen LogP contribution >= 0.6 is 0 Å². The van der Waals surface area contributed by atoms with Gasteiger partial charge in [-0.1, -0.05) is 30.3 Å². The van der Waals surface area contributed by atoms with Crippen LogP contribution in [0.4, 0.5) is 5.82 Å².